The van der Waals surface area contributed by atoms with Gasteiger partial charge in [0.1, 0.15) is 11.6 Å². The Morgan fingerprint density at radius 3 is 2.80 bits per heavy atom. The van der Waals surface area contributed by atoms with Gasteiger partial charge in [-0.25, -0.2) is 4.39 Å². The van der Waals surface area contributed by atoms with Crippen molar-refractivity contribution in [2.24, 2.45) is 11.7 Å². The molecular weight excluding hydrogens is 197 g/mol. The highest BCUT2D eigenvalue weighted by molar-refractivity contribution is 5.76. The number of ether oxygens (including phenoxy) is 1. The number of rotatable bonds is 4. The molecule has 0 aliphatic heterocycles. The SMILES string of the molecule is Cc1ccc(OCC(C)C(N)=O)cc1F. The molecule has 0 spiro atoms. The van der Waals surface area contributed by atoms with E-state index in [1.807, 2.05) is 0 Å². The summed E-state index contributed by atoms with van der Waals surface area (Å²) in [7, 11) is 0. The summed E-state index contributed by atoms with van der Waals surface area (Å²) in [4.78, 5) is 10.7. The average Bonchev–Trinajstić information content (AvgIpc) is 2.19. The van der Waals surface area contributed by atoms with E-state index in [0.717, 1.165) is 0 Å². The summed E-state index contributed by atoms with van der Waals surface area (Å²) in [5.74, 6) is -0.720. The van der Waals surface area contributed by atoms with Crippen molar-refractivity contribution in [3.8, 4) is 5.75 Å². The van der Waals surface area contributed by atoms with Gasteiger partial charge in [0.2, 0.25) is 5.91 Å². The highest BCUT2D eigenvalue weighted by atomic mass is 19.1. The molecule has 0 radical (unpaired) electrons. The van der Waals surface area contributed by atoms with Gasteiger partial charge in [-0.05, 0) is 18.6 Å². The molecule has 15 heavy (non-hydrogen) atoms. The van der Waals surface area contributed by atoms with Crippen LogP contribution in [-0.4, -0.2) is 12.5 Å². The Balaban J connectivity index is 2.58. The highest BCUT2D eigenvalue weighted by Crippen LogP contribution is 2.16. The van der Waals surface area contributed by atoms with E-state index >= 15 is 0 Å². The molecule has 0 aromatic heterocycles. The highest BCUT2D eigenvalue weighted by Gasteiger charge is 2.09. The number of hydrogen-bond acceptors (Lipinski definition) is 2. The minimum absolute atomic E-state index is 0.165. The molecule has 1 aromatic carbocycles. The molecule has 0 saturated heterocycles. The van der Waals surface area contributed by atoms with Crippen molar-refractivity contribution in [3.05, 3.63) is 29.6 Å². The van der Waals surface area contributed by atoms with Crippen LogP contribution in [0.3, 0.4) is 0 Å². The van der Waals surface area contributed by atoms with E-state index < -0.39 is 5.91 Å². The number of halogens is 1. The van der Waals surface area contributed by atoms with Crippen LogP contribution in [0, 0.1) is 18.7 Å². The standard InChI is InChI=1S/C11H14FNO2/c1-7-3-4-9(5-10(7)12)15-6-8(2)11(13)14/h3-5,8H,6H2,1-2H3,(H2,13,14). The number of hydrogen-bond donors (Lipinski definition) is 1. The molecule has 1 atom stereocenters. The Morgan fingerprint density at radius 1 is 1.60 bits per heavy atom. The minimum atomic E-state index is -0.428. The van der Waals surface area contributed by atoms with E-state index in [1.165, 1.54) is 6.07 Å². The smallest absolute Gasteiger partial charge is 0.223 e. The molecule has 1 unspecified atom stereocenters. The first kappa shape index (κ1) is 11.5. The van der Waals surface area contributed by atoms with Crippen LogP contribution in [0.4, 0.5) is 4.39 Å². The van der Waals surface area contributed by atoms with Crippen LogP contribution in [0.25, 0.3) is 0 Å². The molecule has 0 saturated carbocycles. The quantitative estimate of drug-likeness (QED) is 0.823. The first-order valence-electron chi connectivity index (χ1n) is 4.69. The number of carbonyl (C=O) groups is 1. The second-order valence-corrected chi connectivity index (χ2v) is 3.53. The Kier molecular flexibility index (Phi) is 3.66. The van der Waals surface area contributed by atoms with Gasteiger partial charge in [-0.1, -0.05) is 13.0 Å². The second kappa shape index (κ2) is 4.77. The predicted octanol–water partition coefficient (Wildman–Crippen LogP) is 1.63. The zero-order valence-electron chi connectivity index (χ0n) is 8.79. The molecule has 0 aliphatic carbocycles. The monoisotopic (exact) mass is 211 g/mol. The van der Waals surface area contributed by atoms with Crippen LogP contribution >= 0.6 is 0 Å². The summed E-state index contributed by atoms with van der Waals surface area (Å²) < 4.78 is 18.3. The lowest BCUT2D eigenvalue weighted by atomic mass is 10.2. The van der Waals surface area contributed by atoms with Crippen LogP contribution in [-0.2, 0) is 4.79 Å². The Hall–Kier alpha value is -1.58. The lowest BCUT2D eigenvalue weighted by Crippen LogP contribution is -2.25. The van der Waals surface area contributed by atoms with Crippen LogP contribution in [0.5, 0.6) is 5.75 Å². The molecule has 1 rings (SSSR count). The minimum Gasteiger partial charge on any atom is -0.493 e. The van der Waals surface area contributed by atoms with Crippen molar-refractivity contribution in [1.29, 1.82) is 0 Å². The fourth-order valence-corrected chi connectivity index (χ4v) is 0.967. The van der Waals surface area contributed by atoms with Gasteiger partial charge >= 0.3 is 0 Å². The summed E-state index contributed by atoms with van der Waals surface area (Å²) in [6.07, 6.45) is 0. The number of benzene rings is 1. The van der Waals surface area contributed by atoms with Crippen molar-refractivity contribution in [2.75, 3.05) is 6.61 Å². The molecule has 1 aromatic rings. The third-order valence-corrected chi connectivity index (χ3v) is 2.13. The van der Waals surface area contributed by atoms with Crippen LogP contribution in [0.1, 0.15) is 12.5 Å². The second-order valence-electron chi connectivity index (χ2n) is 3.53. The Bertz CT molecular complexity index is 366. The number of carbonyl (C=O) groups excluding carboxylic acids is 1. The van der Waals surface area contributed by atoms with Crippen LogP contribution in [0.15, 0.2) is 18.2 Å². The van der Waals surface area contributed by atoms with Gasteiger partial charge in [-0.15, -0.1) is 0 Å². The number of amides is 1. The summed E-state index contributed by atoms with van der Waals surface area (Å²) >= 11 is 0. The average molecular weight is 211 g/mol. The summed E-state index contributed by atoms with van der Waals surface area (Å²) in [6, 6.07) is 4.58. The fourth-order valence-electron chi connectivity index (χ4n) is 0.967. The molecule has 0 aliphatic rings. The van der Waals surface area contributed by atoms with Crippen molar-refractivity contribution in [2.45, 2.75) is 13.8 Å². The zero-order valence-corrected chi connectivity index (χ0v) is 8.79. The molecule has 4 heteroatoms. The Morgan fingerprint density at radius 2 is 2.27 bits per heavy atom. The largest absolute Gasteiger partial charge is 0.493 e. The van der Waals surface area contributed by atoms with Gasteiger partial charge in [-0.3, -0.25) is 4.79 Å². The first-order chi connectivity index (χ1) is 7.00. The molecule has 0 heterocycles. The molecule has 82 valence electrons. The van der Waals surface area contributed by atoms with E-state index in [9.17, 15) is 9.18 Å². The van der Waals surface area contributed by atoms with Gasteiger partial charge in [0.15, 0.2) is 0 Å². The third kappa shape index (κ3) is 3.23. The van der Waals surface area contributed by atoms with E-state index in [1.54, 1.807) is 26.0 Å². The summed E-state index contributed by atoms with van der Waals surface area (Å²) in [5.41, 5.74) is 5.62. The van der Waals surface area contributed by atoms with E-state index in [4.69, 9.17) is 10.5 Å². The molecule has 3 nitrogen and oxygen atoms in total. The topological polar surface area (TPSA) is 52.3 Å². The lowest BCUT2D eigenvalue weighted by Gasteiger charge is -2.10. The van der Waals surface area contributed by atoms with Gasteiger partial charge in [0.05, 0.1) is 12.5 Å². The lowest BCUT2D eigenvalue weighted by molar-refractivity contribution is -0.122. The van der Waals surface area contributed by atoms with Crippen molar-refractivity contribution >= 4 is 5.91 Å². The van der Waals surface area contributed by atoms with E-state index in [2.05, 4.69) is 0 Å². The normalized spacial score (nSPS) is 12.2. The maximum absolute atomic E-state index is 13.1. The van der Waals surface area contributed by atoms with Gasteiger partial charge in [0, 0.05) is 6.07 Å². The number of nitrogens with two attached hydrogens (primary N) is 1. The Labute approximate surface area is 88.0 Å². The van der Waals surface area contributed by atoms with E-state index in [0.29, 0.717) is 11.3 Å². The molecule has 0 fully saturated rings. The van der Waals surface area contributed by atoms with Crippen molar-refractivity contribution in [3.63, 3.8) is 0 Å². The molecule has 0 bridgehead atoms. The fraction of sp³-hybridized carbons (Fsp3) is 0.364. The van der Waals surface area contributed by atoms with Gasteiger partial charge in [0.25, 0.3) is 0 Å². The summed E-state index contributed by atoms with van der Waals surface area (Å²) in [5, 5.41) is 0. The molecule has 2 N–H and O–H groups in total. The van der Waals surface area contributed by atoms with Crippen molar-refractivity contribution in [1.82, 2.24) is 0 Å². The zero-order chi connectivity index (χ0) is 11.4. The first-order valence-corrected chi connectivity index (χ1v) is 4.69. The maximum atomic E-state index is 13.1. The van der Waals surface area contributed by atoms with Crippen LogP contribution in [0.2, 0.25) is 0 Å². The van der Waals surface area contributed by atoms with Gasteiger partial charge in [-0.2, -0.15) is 0 Å². The third-order valence-electron chi connectivity index (χ3n) is 2.13. The summed E-state index contributed by atoms with van der Waals surface area (Å²) in [6.45, 7) is 3.50. The van der Waals surface area contributed by atoms with E-state index in [-0.39, 0.29) is 18.3 Å². The molecular formula is C11H14FNO2. The molecule has 1 amide bonds. The predicted molar refractivity (Wildman–Crippen MR) is 55.0 cm³/mol. The maximum Gasteiger partial charge on any atom is 0.223 e. The van der Waals surface area contributed by atoms with Crippen LogP contribution < -0.4 is 10.5 Å². The van der Waals surface area contributed by atoms with Crippen molar-refractivity contribution < 1.29 is 13.9 Å². The number of primary amides is 1. The van der Waals surface area contributed by atoms with Gasteiger partial charge < -0.3 is 10.5 Å². The number of aryl methyl sites for hydroxylation is 1.